The molecule has 2 heterocycles. The van der Waals surface area contributed by atoms with Gasteiger partial charge in [-0.3, -0.25) is 0 Å². The van der Waals surface area contributed by atoms with E-state index >= 15 is 0 Å². The maximum absolute atomic E-state index is 5.67. The summed E-state index contributed by atoms with van der Waals surface area (Å²) in [6, 6.07) is 13.3. The lowest BCUT2D eigenvalue weighted by molar-refractivity contribution is 0.480. The molecule has 20 heavy (non-hydrogen) atoms. The maximum atomic E-state index is 5.67. The number of benzene rings is 1. The van der Waals surface area contributed by atoms with Gasteiger partial charge in [0.05, 0.1) is 11.9 Å². The van der Waals surface area contributed by atoms with E-state index in [9.17, 15) is 0 Å². The Hall–Kier alpha value is -2.40. The van der Waals surface area contributed by atoms with E-state index in [2.05, 4.69) is 22.2 Å². The number of nitrogens with one attached hydrogen (secondary N) is 1. The number of hydrogen-bond acceptors (Lipinski definition) is 5. The molecule has 2 aromatic heterocycles. The fourth-order valence-electron chi connectivity index (χ4n) is 1.61. The van der Waals surface area contributed by atoms with Crippen LogP contribution in [0.1, 0.15) is 5.69 Å². The highest BCUT2D eigenvalue weighted by molar-refractivity contribution is 7.13. The summed E-state index contributed by atoms with van der Waals surface area (Å²) in [6.07, 6.45) is 1.67. The highest BCUT2D eigenvalue weighted by Gasteiger charge is 2.01. The van der Waals surface area contributed by atoms with Gasteiger partial charge in [-0.05, 0) is 31.2 Å². The van der Waals surface area contributed by atoms with Gasteiger partial charge in [-0.2, -0.15) is 0 Å². The fourth-order valence-corrected chi connectivity index (χ4v) is 2.25. The van der Waals surface area contributed by atoms with E-state index in [0.29, 0.717) is 5.75 Å². The lowest BCUT2D eigenvalue weighted by Crippen LogP contribution is -1.93. The molecule has 1 aromatic carbocycles. The van der Waals surface area contributed by atoms with Gasteiger partial charge >= 0.3 is 0 Å². The Morgan fingerprint density at radius 3 is 2.55 bits per heavy atom. The molecule has 0 unspecified atom stereocenters. The highest BCUT2D eigenvalue weighted by Crippen LogP contribution is 2.23. The Kier molecular flexibility index (Phi) is 3.60. The van der Waals surface area contributed by atoms with Crippen LogP contribution in [0.5, 0.6) is 11.5 Å². The van der Waals surface area contributed by atoms with Crippen LogP contribution in [-0.4, -0.2) is 9.97 Å². The standard InChI is InChI=1S/C15H12N3OS/c1-11-10-20-15(17-11)18-14-8-7-13(9-16-14)19-12-5-3-2-4-6-12/h2-10H,1H2,(H,16,17,18). The second kappa shape index (κ2) is 5.71. The Bertz CT molecular complexity index is 680. The zero-order valence-corrected chi connectivity index (χ0v) is 11.4. The minimum absolute atomic E-state index is 0.693. The van der Waals surface area contributed by atoms with Gasteiger partial charge < -0.3 is 10.1 Å². The summed E-state index contributed by atoms with van der Waals surface area (Å²) in [5.74, 6) is 2.20. The summed E-state index contributed by atoms with van der Waals surface area (Å²) in [5, 5.41) is 5.78. The Labute approximate surface area is 121 Å². The summed E-state index contributed by atoms with van der Waals surface area (Å²) < 4.78 is 5.67. The smallest absolute Gasteiger partial charge is 0.188 e. The van der Waals surface area contributed by atoms with E-state index in [1.165, 1.54) is 11.3 Å². The number of anilines is 2. The van der Waals surface area contributed by atoms with Crippen LogP contribution in [0.15, 0.2) is 54.0 Å². The van der Waals surface area contributed by atoms with Gasteiger partial charge in [0.15, 0.2) is 5.13 Å². The average molecular weight is 282 g/mol. The molecule has 1 N–H and O–H groups in total. The number of hydrogen-bond donors (Lipinski definition) is 1. The molecule has 0 saturated heterocycles. The third kappa shape index (κ3) is 3.13. The van der Waals surface area contributed by atoms with Crippen molar-refractivity contribution in [3.05, 3.63) is 66.7 Å². The molecule has 99 valence electrons. The number of para-hydroxylation sites is 1. The Morgan fingerprint density at radius 2 is 1.90 bits per heavy atom. The molecule has 0 aliphatic heterocycles. The predicted molar refractivity (Wildman–Crippen MR) is 80.6 cm³/mol. The van der Waals surface area contributed by atoms with E-state index in [1.54, 1.807) is 6.20 Å². The van der Waals surface area contributed by atoms with E-state index in [-0.39, 0.29) is 0 Å². The van der Waals surface area contributed by atoms with Crippen LogP contribution in [0, 0.1) is 6.92 Å². The van der Waals surface area contributed by atoms with Crippen LogP contribution in [0.4, 0.5) is 10.9 Å². The third-order valence-electron chi connectivity index (χ3n) is 2.50. The minimum Gasteiger partial charge on any atom is -0.456 e. The molecule has 0 aliphatic rings. The quantitative estimate of drug-likeness (QED) is 0.777. The van der Waals surface area contributed by atoms with Gasteiger partial charge in [0, 0.05) is 5.38 Å². The maximum Gasteiger partial charge on any atom is 0.188 e. The molecular formula is C15H12N3OS. The number of ether oxygens (including phenoxy) is 1. The second-order valence-corrected chi connectivity index (χ2v) is 4.92. The van der Waals surface area contributed by atoms with E-state index < -0.39 is 0 Å². The van der Waals surface area contributed by atoms with Gasteiger partial charge in [0.1, 0.15) is 17.3 Å². The Balaban J connectivity index is 1.68. The fraction of sp³-hybridized carbons (Fsp3) is 0. The van der Waals surface area contributed by atoms with Crippen LogP contribution in [0.3, 0.4) is 0 Å². The van der Waals surface area contributed by atoms with Crippen molar-refractivity contribution in [1.82, 2.24) is 9.97 Å². The molecule has 4 nitrogen and oxygen atoms in total. The van der Waals surface area contributed by atoms with Crippen LogP contribution >= 0.6 is 11.3 Å². The first-order chi connectivity index (χ1) is 9.79. The summed E-state index contributed by atoms with van der Waals surface area (Å²) in [4.78, 5) is 8.51. The first-order valence-electron chi connectivity index (χ1n) is 6.03. The van der Waals surface area contributed by atoms with Crippen molar-refractivity contribution < 1.29 is 4.74 Å². The summed E-state index contributed by atoms with van der Waals surface area (Å²) in [5.41, 5.74) is 0.751. The van der Waals surface area contributed by atoms with E-state index in [4.69, 9.17) is 4.74 Å². The number of pyridine rings is 1. The van der Waals surface area contributed by atoms with Crippen molar-refractivity contribution in [1.29, 1.82) is 0 Å². The van der Waals surface area contributed by atoms with Gasteiger partial charge in [-0.25, -0.2) is 9.97 Å². The van der Waals surface area contributed by atoms with E-state index in [1.807, 2.05) is 47.8 Å². The van der Waals surface area contributed by atoms with Crippen molar-refractivity contribution in [2.24, 2.45) is 0 Å². The number of nitrogens with zero attached hydrogens (tertiary/aromatic N) is 2. The summed E-state index contributed by atoms with van der Waals surface area (Å²) in [6.45, 7) is 3.76. The van der Waals surface area contributed by atoms with Crippen molar-refractivity contribution in [3.8, 4) is 11.5 Å². The largest absolute Gasteiger partial charge is 0.456 e. The zero-order chi connectivity index (χ0) is 13.8. The zero-order valence-electron chi connectivity index (χ0n) is 10.6. The lowest BCUT2D eigenvalue weighted by atomic mass is 10.3. The molecule has 0 atom stereocenters. The normalized spacial score (nSPS) is 10.2. The number of thiazole rings is 1. The molecule has 0 saturated carbocycles. The van der Waals surface area contributed by atoms with Crippen molar-refractivity contribution in [2.45, 2.75) is 0 Å². The van der Waals surface area contributed by atoms with Crippen LogP contribution in [0.2, 0.25) is 0 Å². The third-order valence-corrected chi connectivity index (χ3v) is 3.31. The molecule has 0 spiro atoms. The number of rotatable bonds is 4. The first kappa shape index (κ1) is 12.6. The predicted octanol–water partition coefficient (Wildman–Crippen LogP) is 4.26. The van der Waals surface area contributed by atoms with Crippen molar-refractivity contribution in [3.63, 3.8) is 0 Å². The molecule has 5 heteroatoms. The first-order valence-corrected chi connectivity index (χ1v) is 6.91. The average Bonchev–Trinajstić information content (AvgIpc) is 2.88. The molecule has 0 fully saturated rings. The van der Waals surface area contributed by atoms with E-state index in [0.717, 1.165) is 22.4 Å². The van der Waals surface area contributed by atoms with Gasteiger partial charge in [-0.15, -0.1) is 11.3 Å². The molecule has 0 aliphatic carbocycles. The molecular weight excluding hydrogens is 270 g/mol. The summed E-state index contributed by atoms with van der Waals surface area (Å²) in [7, 11) is 0. The van der Waals surface area contributed by atoms with Crippen LogP contribution in [-0.2, 0) is 0 Å². The molecule has 3 aromatic rings. The lowest BCUT2D eigenvalue weighted by Gasteiger charge is -2.06. The van der Waals surface area contributed by atoms with Crippen molar-refractivity contribution >= 4 is 22.3 Å². The SMILES string of the molecule is [CH2]c1csc(Nc2ccc(Oc3ccccc3)cn2)n1. The minimum atomic E-state index is 0.693. The molecule has 0 amide bonds. The van der Waals surface area contributed by atoms with Crippen molar-refractivity contribution in [2.75, 3.05) is 5.32 Å². The topological polar surface area (TPSA) is 47.0 Å². The highest BCUT2D eigenvalue weighted by atomic mass is 32.1. The van der Waals surface area contributed by atoms with Gasteiger partial charge in [0.2, 0.25) is 0 Å². The molecule has 0 bridgehead atoms. The van der Waals surface area contributed by atoms with Crippen LogP contribution < -0.4 is 10.1 Å². The number of aromatic nitrogens is 2. The van der Waals surface area contributed by atoms with Crippen LogP contribution in [0.25, 0.3) is 0 Å². The molecule has 1 radical (unpaired) electrons. The second-order valence-electron chi connectivity index (χ2n) is 4.06. The Morgan fingerprint density at radius 1 is 1.05 bits per heavy atom. The van der Waals surface area contributed by atoms with Gasteiger partial charge in [-0.1, -0.05) is 18.2 Å². The van der Waals surface area contributed by atoms with Gasteiger partial charge in [0.25, 0.3) is 0 Å². The monoisotopic (exact) mass is 282 g/mol. The summed E-state index contributed by atoms with van der Waals surface area (Å²) >= 11 is 1.50. The molecule has 3 rings (SSSR count).